The number of rotatable bonds is 11. The highest BCUT2D eigenvalue weighted by molar-refractivity contribution is 7.26. The van der Waals surface area contributed by atoms with E-state index in [9.17, 15) is 0 Å². The highest BCUT2D eigenvalue weighted by Crippen LogP contribution is 2.49. The summed E-state index contributed by atoms with van der Waals surface area (Å²) in [5, 5.41) is 12.2. The maximum absolute atomic E-state index is 5.34. The van der Waals surface area contributed by atoms with Crippen molar-refractivity contribution in [1.82, 2.24) is 9.97 Å². The number of hydrogen-bond acceptors (Lipinski definition) is 5. The van der Waals surface area contributed by atoms with Gasteiger partial charge in [-0.2, -0.15) is 0 Å². The first-order valence-corrected chi connectivity index (χ1v) is 24.0. The molecule has 12 rings (SSSR count). The molecule has 11 aromatic rings. The highest BCUT2D eigenvalue weighted by Gasteiger charge is 2.24. The smallest absolute Gasteiger partial charge is 0.0985 e. The van der Waals surface area contributed by atoms with Crippen LogP contribution in [0.1, 0.15) is 41.0 Å². The van der Waals surface area contributed by atoms with Crippen LogP contribution in [0.5, 0.6) is 0 Å². The van der Waals surface area contributed by atoms with Crippen molar-refractivity contribution < 1.29 is 4.74 Å². The molecule has 1 atom stereocenters. The van der Waals surface area contributed by atoms with E-state index < -0.39 is 0 Å². The molecule has 1 unspecified atom stereocenters. The second kappa shape index (κ2) is 17.2. The SMILES string of the molecule is C=C/C(=C\C=C\OC)C(CCc1cnc2c(c1)c(N(c1ccc3c(c1)CCC=C3)c1cc3sc4ccccc4c3c3ccccc13)cc1cccnc12)c1ccc2c(ccc3ccccc32)c1. The van der Waals surface area contributed by atoms with Crippen molar-refractivity contribution in [3.05, 3.63) is 229 Å². The minimum absolute atomic E-state index is 0.0729. The minimum Gasteiger partial charge on any atom is -0.504 e. The first-order chi connectivity index (χ1) is 33.1. The fraction of sp³-hybridized carbons (Fsp3) is 0.0968. The van der Waals surface area contributed by atoms with Gasteiger partial charge in [0, 0.05) is 60.3 Å². The zero-order valence-corrected chi connectivity index (χ0v) is 38.1. The molecule has 0 aliphatic heterocycles. The van der Waals surface area contributed by atoms with E-state index in [0.29, 0.717) is 0 Å². The van der Waals surface area contributed by atoms with E-state index in [4.69, 9.17) is 14.7 Å². The first kappa shape index (κ1) is 40.6. The molecule has 0 saturated heterocycles. The number of methoxy groups -OCH3 is 1. The monoisotopic (exact) mass is 881 g/mol. The average Bonchev–Trinajstić information content (AvgIpc) is 3.77. The number of aryl methyl sites for hydroxylation is 2. The Labute approximate surface area is 394 Å². The standard InChI is InChI=1S/C62H47N3OS/c1-3-41(18-13-33-66-2)49(45-28-31-51-46(35-45)26-25-43-15-6-7-19-50(43)51)30-24-40-34-55-56(37-47-17-12-32-63-61(47)62(55)64-39-40)65(48-29-27-42-14-4-5-16-44(42)36-48)57-38-59-60(53-21-9-8-20-52(53)57)54-22-10-11-23-58(54)67-59/h3-4,6-15,17-23,25-29,31-39,49H,1,5,16,24,30H2,2H3/b33-13+,41-18+. The number of anilines is 3. The molecule has 322 valence electrons. The average molecular weight is 882 g/mol. The van der Waals surface area contributed by atoms with Crippen molar-refractivity contribution in [2.24, 2.45) is 0 Å². The van der Waals surface area contributed by atoms with Gasteiger partial charge < -0.3 is 9.64 Å². The van der Waals surface area contributed by atoms with Crippen molar-refractivity contribution in [2.75, 3.05) is 12.0 Å². The molecule has 0 radical (unpaired) electrons. The van der Waals surface area contributed by atoms with Crippen LogP contribution in [0.2, 0.25) is 0 Å². The molecule has 0 amide bonds. The molecule has 0 saturated carbocycles. The number of aromatic nitrogens is 2. The van der Waals surface area contributed by atoms with Crippen molar-refractivity contribution in [3.63, 3.8) is 0 Å². The lowest BCUT2D eigenvalue weighted by Crippen LogP contribution is -2.13. The third-order valence-electron chi connectivity index (χ3n) is 13.7. The molecule has 8 aromatic carbocycles. The summed E-state index contributed by atoms with van der Waals surface area (Å²) in [6.45, 7) is 4.31. The second-order valence-corrected chi connectivity index (χ2v) is 18.7. The Balaban J connectivity index is 1.04. The van der Waals surface area contributed by atoms with Gasteiger partial charge in [0.1, 0.15) is 0 Å². The molecule has 4 nitrogen and oxygen atoms in total. The van der Waals surface area contributed by atoms with Crippen molar-refractivity contribution >= 4 is 109 Å². The number of hydrogen-bond donors (Lipinski definition) is 0. The Morgan fingerprint density at radius 1 is 0.701 bits per heavy atom. The molecular formula is C62H47N3OS. The van der Waals surface area contributed by atoms with Gasteiger partial charge in [0.25, 0.3) is 0 Å². The number of pyridine rings is 2. The summed E-state index contributed by atoms with van der Waals surface area (Å²) in [6, 6.07) is 56.2. The van der Waals surface area contributed by atoms with E-state index in [2.05, 4.69) is 181 Å². The molecule has 1 aliphatic carbocycles. The third-order valence-corrected chi connectivity index (χ3v) is 14.8. The fourth-order valence-electron chi connectivity index (χ4n) is 10.5. The van der Waals surface area contributed by atoms with E-state index in [1.54, 1.807) is 13.4 Å². The van der Waals surface area contributed by atoms with Crippen LogP contribution in [0, 0.1) is 0 Å². The number of thiophene rings is 1. The predicted molar refractivity (Wildman–Crippen MR) is 286 cm³/mol. The highest BCUT2D eigenvalue weighted by atomic mass is 32.1. The first-order valence-electron chi connectivity index (χ1n) is 23.2. The number of ether oxygens (including phenoxy) is 1. The molecule has 1 aliphatic rings. The Hall–Kier alpha value is -7.86. The fourth-order valence-corrected chi connectivity index (χ4v) is 11.7. The summed E-state index contributed by atoms with van der Waals surface area (Å²) in [4.78, 5) is 12.8. The van der Waals surface area contributed by atoms with Crippen molar-refractivity contribution in [2.45, 2.75) is 31.6 Å². The molecule has 5 heteroatoms. The predicted octanol–water partition coefficient (Wildman–Crippen LogP) is 17.0. The Morgan fingerprint density at radius 3 is 2.39 bits per heavy atom. The summed E-state index contributed by atoms with van der Waals surface area (Å²) in [5.74, 6) is 0.0729. The number of nitrogens with zero attached hydrogens (tertiary/aromatic N) is 3. The van der Waals surface area contributed by atoms with Crippen LogP contribution in [0.25, 0.3) is 80.4 Å². The van der Waals surface area contributed by atoms with Crippen LogP contribution >= 0.6 is 11.3 Å². The summed E-state index contributed by atoms with van der Waals surface area (Å²) in [5.41, 5.74) is 11.3. The molecule has 67 heavy (non-hydrogen) atoms. The van der Waals surface area contributed by atoms with Gasteiger partial charge in [-0.25, -0.2) is 0 Å². The van der Waals surface area contributed by atoms with Gasteiger partial charge >= 0.3 is 0 Å². The Bertz CT molecular complexity index is 3860. The quantitative estimate of drug-likeness (QED) is 0.0737. The zero-order chi connectivity index (χ0) is 44.8. The normalized spacial score (nSPS) is 13.4. The van der Waals surface area contributed by atoms with Gasteiger partial charge in [-0.3, -0.25) is 9.97 Å². The van der Waals surface area contributed by atoms with Gasteiger partial charge in [0.05, 0.1) is 35.8 Å². The number of benzene rings is 8. The maximum atomic E-state index is 5.34. The van der Waals surface area contributed by atoms with Crippen LogP contribution in [-0.4, -0.2) is 17.1 Å². The van der Waals surface area contributed by atoms with Crippen molar-refractivity contribution in [3.8, 4) is 0 Å². The van der Waals surface area contributed by atoms with E-state index >= 15 is 0 Å². The summed E-state index contributed by atoms with van der Waals surface area (Å²) in [6.07, 6.45) is 20.0. The van der Waals surface area contributed by atoms with Gasteiger partial charge in [0.2, 0.25) is 0 Å². The van der Waals surface area contributed by atoms with E-state index in [1.807, 2.05) is 35.8 Å². The maximum Gasteiger partial charge on any atom is 0.0985 e. The summed E-state index contributed by atoms with van der Waals surface area (Å²) in [7, 11) is 1.68. The van der Waals surface area contributed by atoms with Gasteiger partial charge in [-0.15, -0.1) is 11.3 Å². The lowest BCUT2D eigenvalue weighted by atomic mass is 9.84. The molecular weight excluding hydrogens is 835 g/mol. The van der Waals surface area contributed by atoms with E-state index in [1.165, 1.54) is 69.2 Å². The Morgan fingerprint density at radius 2 is 1.49 bits per heavy atom. The minimum atomic E-state index is 0.0729. The second-order valence-electron chi connectivity index (χ2n) is 17.6. The van der Waals surface area contributed by atoms with Crippen LogP contribution in [0.4, 0.5) is 17.1 Å². The Kier molecular flexibility index (Phi) is 10.4. The largest absolute Gasteiger partial charge is 0.504 e. The number of allylic oxidation sites excluding steroid dienone is 5. The van der Waals surface area contributed by atoms with Gasteiger partial charge in [-0.1, -0.05) is 140 Å². The molecule has 3 aromatic heterocycles. The molecule has 0 bridgehead atoms. The van der Waals surface area contributed by atoms with Gasteiger partial charge in [0.15, 0.2) is 0 Å². The molecule has 0 N–H and O–H groups in total. The van der Waals surface area contributed by atoms with Gasteiger partial charge in [-0.05, 0) is 129 Å². The molecule has 0 spiro atoms. The van der Waals surface area contributed by atoms with Crippen LogP contribution in [-0.2, 0) is 17.6 Å². The topological polar surface area (TPSA) is 38.2 Å². The van der Waals surface area contributed by atoms with Crippen molar-refractivity contribution in [1.29, 1.82) is 0 Å². The lowest BCUT2D eigenvalue weighted by molar-refractivity contribution is 0.338. The van der Waals surface area contributed by atoms with Crippen LogP contribution < -0.4 is 4.90 Å². The van der Waals surface area contributed by atoms with E-state index in [-0.39, 0.29) is 5.92 Å². The molecule has 3 heterocycles. The zero-order valence-electron chi connectivity index (χ0n) is 37.3. The van der Waals surface area contributed by atoms with Crippen LogP contribution in [0.3, 0.4) is 0 Å². The summed E-state index contributed by atoms with van der Waals surface area (Å²) < 4.78 is 7.89. The third kappa shape index (κ3) is 7.24. The van der Waals surface area contributed by atoms with E-state index in [0.717, 1.165) is 75.7 Å². The lowest BCUT2D eigenvalue weighted by Gasteiger charge is -2.30. The summed E-state index contributed by atoms with van der Waals surface area (Å²) >= 11 is 1.87. The number of fused-ring (bicyclic) bond motifs is 12. The van der Waals surface area contributed by atoms with Crippen LogP contribution in [0.15, 0.2) is 207 Å². The molecule has 0 fully saturated rings.